The van der Waals surface area contributed by atoms with Crippen molar-refractivity contribution < 1.29 is 18.0 Å². The molecule has 0 aliphatic carbocycles. The summed E-state index contributed by atoms with van der Waals surface area (Å²) in [5.41, 5.74) is 2.95. The van der Waals surface area contributed by atoms with Crippen LogP contribution < -0.4 is 10.5 Å². The Balaban J connectivity index is 1.89. The van der Waals surface area contributed by atoms with Crippen molar-refractivity contribution in [1.29, 1.82) is 0 Å². The van der Waals surface area contributed by atoms with Crippen LogP contribution in [0.2, 0.25) is 5.02 Å². The number of hydrogen-bond donors (Lipinski definition) is 2. The summed E-state index contributed by atoms with van der Waals surface area (Å²) in [6.07, 6.45) is 0. The van der Waals surface area contributed by atoms with Crippen LogP contribution in [0.3, 0.4) is 0 Å². The van der Waals surface area contributed by atoms with Gasteiger partial charge in [-0.3, -0.25) is 9.59 Å². The van der Waals surface area contributed by atoms with E-state index in [1.54, 1.807) is 30.3 Å². The second-order valence-corrected chi connectivity index (χ2v) is 8.30. The zero-order chi connectivity index (χ0) is 21.2. The molecule has 0 saturated heterocycles. The highest BCUT2D eigenvalue weighted by molar-refractivity contribution is 7.89. The number of nitrogens with one attached hydrogen (secondary N) is 1. The maximum Gasteiger partial charge on any atom is 0.239 e. The number of rotatable bonds is 5. The summed E-state index contributed by atoms with van der Waals surface area (Å²) in [4.78, 5) is 23.7. The second kappa shape index (κ2) is 8.16. The van der Waals surface area contributed by atoms with Gasteiger partial charge in [-0.15, -0.1) is 0 Å². The maximum atomic E-state index is 12.7. The number of nitrogens with two attached hydrogens (primary N) is 1. The van der Waals surface area contributed by atoms with E-state index in [2.05, 4.69) is 5.32 Å². The highest BCUT2D eigenvalue weighted by Crippen LogP contribution is 2.26. The van der Waals surface area contributed by atoms with Crippen molar-refractivity contribution in [3.63, 3.8) is 0 Å². The lowest BCUT2D eigenvalue weighted by Gasteiger charge is -2.08. The fourth-order valence-electron chi connectivity index (χ4n) is 2.82. The van der Waals surface area contributed by atoms with Crippen molar-refractivity contribution in [3.05, 3.63) is 82.9 Å². The van der Waals surface area contributed by atoms with E-state index in [1.165, 1.54) is 25.1 Å². The molecule has 0 heterocycles. The Morgan fingerprint density at radius 3 is 2.17 bits per heavy atom. The number of anilines is 1. The first-order chi connectivity index (χ1) is 13.6. The normalized spacial score (nSPS) is 11.1. The molecule has 3 aromatic rings. The van der Waals surface area contributed by atoms with Gasteiger partial charge in [0.1, 0.15) is 4.90 Å². The van der Waals surface area contributed by atoms with Gasteiger partial charge in [0, 0.05) is 23.7 Å². The van der Waals surface area contributed by atoms with Gasteiger partial charge in [0.05, 0.1) is 5.02 Å². The van der Waals surface area contributed by atoms with Gasteiger partial charge in [0.15, 0.2) is 5.78 Å². The van der Waals surface area contributed by atoms with Gasteiger partial charge in [-0.05, 0) is 41.5 Å². The van der Waals surface area contributed by atoms with Gasteiger partial charge >= 0.3 is 0 Å². The number of benzene rings is 3. The number of hydrogen-bond acceptors (Lipinski definition) is 4. The summed E-state index contributed by atoms with van der Waals surface area (Å²) < 4.78 is 23.2. The molecular formula is C21H17ClN2O4S. The van der Waals surface area contributed by atoms with Crippen molar-refractivity contribution in [1.82, 2.24) is 0 Å². The second-order valence-electron chi connectivity index (χ2n) is 6.36. The number of halogens is 1. The molecule has 3 rings (SSSR count). The predicted molar refractivity (Wildman–Crippen MR) is 112 cm³/mol. The average Bonchev–Trinajstić information content (AvgIpc) is 2.67. The van der Waals surface area contributed by atoms with Crippen LogP contribution in [-0.2, 0) is 14.8 Å². The SMILES string of the molecule is CC(=O)Nc1cccc(-c2ccc(C(=O)c3ccc(Cl)c(S(N)(=O)=O)c3)cc2)c1. The topological polar surface area (TPSA) is 106 Å². The highest BCUT2D eigenvalue weighted by atomic mass is 35.5. The molecule has 0 aliphatic heterocycles. The van der Waals surface area contributed by atoms with E-state index in [0.29, 0.717) is 11.3 Å². The molecule has 29 heavy (non-hydrogen) atoms. The molecule has 0 radical (unpaired) electrons. The molecule has 0 bridgehead atoms. The van der Waals surface area contributed by atoms with E-state index < -0.39 is 10.0 Å². The minimum Gasteiger partial charge on any atom is -0.326 e. The van der Waals surface area contributed by atoms with Gasteiger partial charge in [-0.25, -0.2) is 13.6 Å². The van der Waals surface area contributed by atoms with Gasteiger partial charge in [-0.2, -0.15) is 0 Å². The number of carbonyl (C=O) groups excluding carboxylic acids is 2. The summed E-state index contributed by atoms with van der Waals surface area (Å²) in [7, 11) is -4.04. The molecular weight excluding hydrogens is 412 g/mol. The van der Waals surface area contributed by atoms with E-state index in [0.717, 1.165) is 11.1 Å². The molecule has 0 unspecified atom stereocenters. The standard InChI is InChI=1S/C21H17ClN2O4S/c1-13(25)24-18-4-2-3-16(11-18)14-5-7-15(8-6-14)21(26)17-9-10-19(22)20(12-17)29(23,27)28/h2-12H,1H3,(H,24,25)(H2,23,27,28). The van der Waals surface area contributed by atoms with Crippen LogP contribution in [0.4, 0.5) is 5.69 Å². The summed E-state index contributed by atoms with van der Waals surface area (Å²) in [6, 6.07) is 18.1. The van der Waals surface area contributed by atoms with Gasteiger partial charge in [-0.1, -0.05) is 48.0 Å². The van der Waals surface area contributed by atoms with Crippen LogP contribution in [0.1, 0.15) is 22.8 Å². The Morgan fingerprint density at radius 1 is 0.897 bits per heavy atom. The third-order valence-electron chi connectivity index (χ3n) is 4.16. The predicted octanol–water partition coefficient (Wildman–Crippen LogP) is 3.84. The monoisotopic (exact) mass is 428 g/mol. The molecule has 8 heteroatoms. The fourth-order valence-corrected chi connectivity index (χ4v) is 3.89. The number of carbonyl (C=O) groups is 2. The minimum absolute atomic E-state index is 0.0431. The summed E-state index contributed by atoms with van der Waals surface area (Å²) in [5, 5.41) is 7.82. The van der Waals surface area contributed by atoms with Crippen molar-refractivity contribution in [3.8, 4) is 11.1 Å². The van der Waals surface area contributed by atoms with Crippen molar-refractivity contribution in [2.45, 2.75) is 11.8 Å². The third kappa shape index (κ3) is 4.89. The fraction of sp³-hybridized carbons (Fsp3) is 0.0476. The lowest BCUT2D eigenvalue weighted by molar-refractivity contribution is -0.114. The van der Waals surface area contributed by atoms with Gasteiger partial charge in [0.25, 0.3) is 0 Å². The highest BCUT2D eigenvalue weighted by Gasteiger charge is 2.17. The zero-order valence-corrected chi connectivity index (χ0v) is 16.9. The molecule has 0 atom stereocenters. The first-order valence-corrected chi connectivity index (χ1v) is 10.4. The third-order valence-corrected chi connectivity index (χ3v) is 5.56. The van der Waals surface area contributed by atoms with E-state index in [9.17, 15) is 18.0 Å². The maximum absolute atomic E-state index is 12.7. The molecule has 0 fully saturated rings. The summed E-state index contributed by atoms with van der Waals surface area (Å²) >= 11 is 5.87. The molecule has 3 aromatic carbocycles. The van der Waals surface area contributed by atoms with Crippen LogP contribution in [0, 0.1) is 0 Å². The minimum atomic E-state index is -4.04. The summed E-state index contributed by atoms with van der Waals surface area (Å²) in [6.45, 7) is 1.44. The quantitative estimate of drug-likeness (QED) is 0.602. The van der Waals surface area contributed by atoms with Crippen molar-refractivity contribution in [2.75, 3.05) is 5.32 Å². The largest absolute Gasteiger partial charge is 0.326 e. The number of sulfonamides is 1. The van der Waals surface area contributed by atoms with E-state index in [-0.39, 0.29) is 27.2 Å². The van der Waals surface area contributed by atoms with E-state index in [1.807, 2.05) is 18.2 Å². The van der Waals surface area contributed by atoms with Gasteiger partial charge < -0.3 is 5.32 Å². The Morgan fingerprint density at radius 2 is 1.55 bits per heavy atom. The first-order valence-electron chi connectivity index (χ1n) is 8.50. The zero-order valence-electron chi connectivity index (χ0n) is 15.3. The van der Waals surface area contributed by atoms with E-state index in [4.69, 9.17) is 16.7 Å². The van der Waals surface area contributed by atoms with Crippen LogP contribution in [-0.4, -0.2) is 20.1 Å². The van der Waals surface area contributed by atoms with Crippen LogP contribution in [0.5, 0.6) is 0 Å². The molecule has 3 N–H and O–H groups in total. The van der Waals surface area contributed by atoms with Crippen molar-refractivity contribution in [2.24, 2.45) is 5.14 Å². The Bertz CT molecular complexity index is 1210. The smallest absolute Gasteiger partial charge is 0.239 e. The van der Waals surface area contributed by atoms with Crippen LogP contribution in [0.15, 0.2) is 71.6 Å². The average molecular weight is 429 g/mol. The molecule has 148 valence electrons. The summed E-state index contributed by atoms with van der Waals surface area (Å²) in [5.74, 6) is -0.518. The van der Waals surface area contributed by atoms with E-state index >= 15 is 0 Å². The Kier molecular flexibility index (Phi) is 5.83. The Labute approximate surface area is 173 Å². The molecule has 6 nitrogen and oxygen atoms in total. The molecule has 0 spiro atoms. The molecule has 0 saturated carbocycles. The number of primary sulfonamides is 1. The van der Waals surface area contributed by atoms with Crippen molar-refractivity contribution >= 4 is 39.0 Å². The lowest BCUT2D eigenvalue weighted by atomic mass is 9.99. The molecule has 1 amide bonds. The molecule has 0 aromatic heterocycles. The Hall–Kier alpha value is -3.00. The molecule has 0 aliphatic rings. The number of ketones is 1. The first kappa shape index (κ1) is 20.7. The van der Waals surface area contributed by atoms with Crippen LogP contribution >= 0.6 is 11.6 Å². The van der Waals surface area contributed by atoms with Gasteiger partial charge in [0.2, 0.25) is 15.9 Å². The lowest BCUT2D eigenvalue weighted by Crippen LogP contribution is -2.14. The van der Waals surface area contributed by atoms with Crippen LogP contribution in [0.25, 0.3) is 11.1 Å². The number of amides is 1.